The van der Waals surface area contributed by atoms with Gasteiger partial charge in [0.25, 0.3) is 0 Å². The molecule has 0 aromatic carbocycles. The van der Waals surface area contributed by atoms with Crippen molar-refractivity contribution in [1.29, 1.82) is 0 Å². The van der Waals surface area contributed by atoms with Crippen molar-refractivity contribution in [3.63, 3.8) is 0 Å². The molecule has 2 aliphatic rings. The summed E-state index contributed by atoms with van der Waals surface area (Å²) in [4.78, 5) is 11.6. The summed E-state index contributed by atoms with van der Waals surface area (Å²) >= 11 is 0. The van der Waals surface area contributed by atoms with E-state index in [9.17, 15) is 4.79 Å². The van der Waals surface area contributed by atoms with Gasteiger partial charge in [0.2, 0.25) is 0 Å². The molecule has 2 rings (SSSR count). The second-order valence-corrected chi connectivity index (χ2v) is 5.17. The number of hydrogen-bond donors (Lipinski definition) is 0. The summed E-state index contributed by atoms with van der Waals surface area (Å²) in [6.07, 6.45) is 2.15. The number of methoxy groups -OCH3 is 2. The minimum absolute atomic E-state index is 0.0617. The van der Waals surface area contributed by atoms with Crippen LogP contribution in [0.3, 0.4) is 0 Å². The van der Waals surface area contributed by atoms with Gasteiger partial charge in [-0.05, 0) is 26.3 Å². The molecule has 1 fully saturated rings. The van der Waals surface area contributed by atoms with Crippen molar-refractivity contribution in [2.24, 2.45) is 5.92 Å². The van der Waals surface area contributed by atoms with Crippen molar-refractivity contribution in [3.8, 4) is 0 Å². The van der Waals surface area contributed by atoms with Crippen LogP contribution in [0.4, 0.5) is 0 Å². The Morgan fingerprint density at radius 3 is 2.78 bits per heavy atom. The smallest absolute Gasteiger partial charge is 0.333 e. The van der Waals surface area contributed by atoms with Crippen LogP contribution < -0.4 is 0 Å². The standard InChI is InChI=1S/C13H20O5/c1-13(2)17-10-6-8(12(14)16-4)5-9(7-15-3)11(10)18-13/h6,9-11H,5,7H2,1-4H3/t9-,10-,11+/m0/s1. The second-order valence-electron chi connectivity index (χ2n) is 5.17. The average molecular weight is 256 g/mol. The van der Waals surface area contributed by atoms with E-state index in [4.69, 9.17) is 18.9 Å². The highest BCUT2D eigenvalue weighted by atomic mass is 16.8. The predicted octanol–water partition coefficient (Wildman–Crippen LogP) is 1.27. The van der Waals surface area contributed by atoms with Gasteiger partial charge in [0.1, 0.15) is 6.10 Å². The molecule has 3 atom stereocenters. The number of hydrogen-bond acceptors (Lipinski definition) is 5. The molecule has 0 saturated carbocycles. The highest BCUT2D eigenvalue weighted by Crippen LogP contribution is 2.39. The topological polar surface area (TPSA) is 54.0 Å². The number of carbonyl (C=O) groups excluding carboxylic acids is 1. The highest BCUT2D eigenvalue weighted by molar-refractivity contribution is 5.88. The molecule has 0 radical (unpaired) electrons. The first kappa shape index (κ1) is 13.5. The monoisotopic (exact) mass is 256 g/mol. The minimum atomic E-state index is -0.622. The molecule has 1 heterocycles. The second kappa shape index (κ2) is 4.99. The summed E-state index contributed by atoms with van der Waals surface area (Å²) in [5.74, 6) is -0.813. The van der Waals surface area contributed by atoms with E-state index in [2.05, 4.69) is 0 Å². The molecule has 0 N–H and O–H groups in total. The normalized spacial score (nSPS) is 33.8. The van der Waals surface area contributed by atoms with E-state index in [1.807, 2.05) is 19.9 Å². The fraction of sp³-hybridized carbons (Fsp3) is 0.769. The van der Waals surface area contributed by atoms with Crippen molar-refractivity contribution >= 4 is 5.97 Å². The lowest BCUT2D eigenvalue weighted by Crippen LogP contribution is -2.37. The van der Waals surface area contributed by atoms with Gasteiger partial charge in [-0.1, -0.05) is 0 Å². The first-order chi connectivity index (χ1) is 8.46. The Morgan fingerprint density at radius 2 is 2.17 bits per heavy atom. The molecule has 1 saturated heterocycles. The van der Waals surface area contributed by atoms with E-state index in [1.165, 1.54) is 7.11 Å². The molecule has 0 aromatic rings. The maximum atomic E-state index is 11.6. The quantitative estimate of drug-likeness (QED) is 0.712. The zero-order chi connectivity index (χ0) is 13.3. The van der Waals surface area contributed by atoms with Gasteiger partial charge in [-0.25, -0.2) is 4.79 Å². The Bertz CT molecular complexity index is 360. The van der Waals surface area contributed by atoms with Gasteiger partial charge in [-0.15, -0.1) is 0 Å². The molecule has 0 aromatic heterocycles. The molecule has 0 bridgehead atoms. The molecule has 5 heteroatoms. The molecule has 0 unspecified atom stereocenters. The van der Waals surface area contributed by atoms with Gasteiger partial charge < -0.3 is 18.9 Å². The Kier molecular flexibility index (Phi) is 3.75. The van der Waals surface area contributed by atoms with Crippen LogP contribution in [0, 0.1) is 5.92 Å². The Labute approximate surface area is 107 Å². The maximum absolute atomic E-state index is 11.6. The van der Waals surface area contributed by atoms with Crippen molar-refractivity contribution in [1.82, 2.24) is 0 Å². The summed E-state index contributed by atoms with van der Waals surface area (Å²) < 4.78 is 21.6. The molecular weight excluding hydrogens is 236 g/mol. The number of ether oxygens (including phenoxy) is 4. The number of esters is 1. The summed E-state index contributed by atoms with van der Waals surface area (Å²) in [6, 6.07) is 0. The van der Waals surface area contributed by atoms with Crippen LogP contribution in [0.15, 0.2) is 11.6 Å². The lowest BCUT2D eigenvalue weighted by molar-refractivity contribution is -0.149. The average Bonchev–Trinajstić information content (AvgIpc) is 2.62. The molecular formula is C13H20O5. The van der Waals surface area contributed by atoms with E-state index in [0.717, 1.165) is 0 Å². The fourth-order valence-corrected chi connectivity index (χ4v) is 2.63. The molecule has 0 spiro atoms. The van der Waals surface area contributed by atoms with Gasteiger partial charge in [-0.2, -0.15) is 0 Å². The largest absolute Gasteiger partial charge is 0.466 e. The van der Waals surface area contributed by atoms with E-state index >= 15 is 0 Å². The number of rotatable bonds is 3. The van der Waals surface area contributed by atoms with Crippen LogP contribution in [-0.2, 0) is 23.7 Å². The van der Waals surface area contributed by atoms with Crippen LogP contribution in [0.5, 0.6) is 0 Å². The Balaban J connectivity index is 2.21. The molecule has 0 amide bonds. The van der Waals surface area contributed by atoms with Gasteiger partial charge in [0.15, 0.2) is 5.79 Å². The highest BCUT2D eigenvalue weighted by Gasteiger charge is 2.47. The Morgan fingerprint density at radius 1 is 1.44 bits per heavy atom. The summed E-state index contributed by atoms with van der Waals surface area (Å²) in [6.45, 7) is 4.29. The van der Waals surface area contributed by atoms with Crippen molar-refractivity contribution in [3.05, 3.63) is 11.6 Å². The van der Waals surface area contributed by atoms with Crippen molar-refractivity contribution in [2.45, 2.75) is 38.3 Å². The minimum Gasteiger partial charge on any atom is -0.466 e. The zero-order valence-corrected chi connectivity index (χ0v) is 11.3. The first-order valence-electron chi connectivity index (χ1n) is 6.10. The lowest BCUT2D eigenvalue weighted by Gasteiger charge is -2.29. The van der Waals surface area contributed by atoms with Crippen LogP contribution in [0.1, 0.15) is 20.3 Å². The number of fused-ring (bicyclic) bond motifs is 1. The molecule has 1 aliphatic heterocycles. The summed E-state index contributed by atoms with van der Waals surface area (Å²) in [5, 5.41) is 0. The van der Waals surface area contributed by atoms with E-state index in [0.29, 0.717) is 18.6 Å². The van der Waals surface area contributed by atoms with Crippen molar-refractivity contribution < 1.29 is 23.7 Å². The van der Waals surface area contributed by atoms with Crippen LogP contribution in [0.25, 0.3) is 0 Å². The van der Waals surface area contributed by atoms with Gasteiger partial charge in [0, 0.05) is 18.6 Å². The lowest BCUT2D eigenvalue weighted by atomic mass is 9.85. The van der Waals surface area contributed by atoms with E-state index in [1.54, 1.807) is 7.11 Å². The molecule has 18 heavy (non-hydrogen) atoms. The molecule has 5 nitrogen and oxygen atoms in total. The van der Waals surface area contributed by atoms with Gasteiger partial charge in [-0.3, -0.25) is 0 Å². The molecule has 102 valence electrons. The van der Waals surface area contributed by atoms with Gasteiger partial charge >= 0.3 is 5.97 Å². The zero-order valence-electron chi connectivity index (χ0n) is 11.3. The first-order valence-corrected chi connectivity index (χ1v) is 6.10. The Hall–Kier alpha value is -0.910. The van der Waals surface area contributed by atoms with E-state index < -0.39 is 5.79 Å². The van der Waals surface area contributed by atoms with Crippen LogP contribution in [0.2, 0.25) is 0 Å². The molecule has 1 aliphatic carbocycles. The third-order valence-corrected chi connectivity index (χ3v) is 3.30. The summed E-state index contributed by atoms with van der Waals surface area (Å²) in [7, 11) is 3.03. The van der Waals surface area contributed by atoms with Gasteiger partial charge in [0.05, 0.1) is 19.8 Å². The predicted molar refractivity (Wildman–Crippen MR) is 63.9 cm³/mol. The third kappa shape index (κ3) is 2.58. The van der Waals surface area contributed by atoms with Crippen LogP contribution in [-0.4, -0.2) is 44.8 Å². The number of carbonyl (C=O) groups is 1. The fourth-order valence-electron chi connectivity index (χ4n) is 2.63. The van der Waals surface area contributed by atoms with Crippen molar-refractivity contribution in [2.75, 3.05) is 20.8 Å². The SMILES string of the molecule is COC[C@@H]1CC(C(=O)OC)=C[C@@H]2OC(C)(C)O[C@H]12. The van der Waals surface area contributed by atoms with E-state index in [-0.39, 0.29) is 24.1 Å². The maximum Gasteiger partial charge on any atom is 0.333 e. The van der Waals surface area contributed by atoms with Crippen LogP contribution >= 0.6 is 0 Å². The summed E-state index contributed by atoms with van der Waals surface area (Å²) in [5.41, 5.74) is 0.641. The third-order valence-electron chi connectivity index (χ3n) is 3.30.